The molecular formula is C31H40N6O4. The van der Waals surface area contributed by atoms with Crippen LogP contribution in [0.25, 0.3) is 11.0 Å². The SMILES string of the molecule is CC(=O)c1c(C)c2cnc(Nc3ccc(C4CCC(NC(=O)OC(C)(C)C)CC4)cn3)nc2n(C2CCCC2)c1=O. The predicted molar refractivity (Wildman–Crippen MR) is 158 cm³/mol. The first-order valence-corrected chi connectivity index (χ1v) is 14.7. The summed E-state index contributed by atoms with van der Waals surface area (Å²) in [6, 6.07) is 4.14. The lowest BCUT2D eigenvalue weighted by Crippen LogP contribution is -2.40. The number of ether oxygens (including phenoxy) is 1. The molecule has 0 unspecified atom stereocenters. The Hall–Kier alpha value is -3.82. The summed E-state index contributed by atoms with van der Waals surface area (Å²) in [5, 5.41) is 6.90. The Morgan fingerprint density at radius 3 is 2.32 bits per heavy atom. The number of hydrogen-bond donors (Lipinski definition) is 2. The Balaban J connectivity index is 1.29. The van der Waals surface area contributed by atoms with Crippen molar-refractivity contribution in [3.8, 4) is 0 Å². The van der Waals surface area contributed by atoms with Gasteiger partial charge in [0.2, 0.25) is 5.95 Å². The molecule has 0 aromatic carbocycles. The van der Waals surface area contributed by atoms with Gasteiger partial charge in [-0.15, -0.1) is 0 Å². The highest BCUT2D eigenvalue weighted by molar-refractivity contribution is 5.99. The standard InChI is InChI=1S/C31H40N6O4/c1-18-24-17-33-29(36-27(24)37(23-8-6-7-9-23)28(39)26(18)19(2)38)35-25-15-12-21(16-32-25)20-10-13-22(14-11-20)34-30(40)41-31(3,4)5/h12,15-17,20,22-23H,6-11,13-14H2,1-5H3,(H,34,40)(H,32,33,35,36). The molecule has 0 bridgehead atoms. The third kappa shape index (κ3) is 6.41. The maximum Gasteiger partial charge on any atom is 0.407 e. The van der Waals surface area contributed by atoms with Crippen molar-refractivity contribution in [2.75, 3.05) is 5.32 Å². The van der Waals surface area contributed by atoms with Gasteiger partial charge in [0.1, 0.15) is 17.1 Å². The third-order valence-corrected chi connectivity index (χ3v) is 8.20. The van der Waals surface area contributed by atoms with E-state index in [1.165, 1.54) is 6.92 Å². The van der Waals surface area contributed by atoms with Crippen LogP contribution in [-0.4, -0.2) is 43.0 Å². The Morgan fingerprint density at radius 2 is 1.71 bits per heavy atom. The van der Waals surface area contributed by atoms with Gasteiger partial charge < -0.3 is 15.4 Å². The van der Waals surface area contributed by atoms with Crippen LogP contribution in [0.15, 0.2) is 29.3 Å². The van der Waals surface area contributed by atoms with Crippen LogP contribution in [0.2, 0.25) is 0 Å². The minimum absolute atomic E-state index is 0.0262. The molecule has 1 amide bonds. The van der Waals surface area contributed by atoms with E-state index in [0.717, 1.165) is 56.9 Å². The molecule has 5 rings (SSSR count). The normalized spacial score (nSPS) is 19.7. The van der Waals surface area contributed by atoms with Crippen molar-refractivity contribution in [3.63, 3.8) is 0 Å². The van der Waals surface area contributed by atoms with E-state index in [2.05, 4.69) is 26.7 Å². The fraction of sp³-hybridized carbons (Fsp3) is 0.548. The molecule has 10 heteroatoms. The van der Waals surface area contributed by atoms with E-state index in [1.807, 2.05) is 33.0 Å². The maximum absolute atomic E-state index is 13.4. The Morgan fingerprint density at radius 1 is 1.00 bits per heavy atom. The number of carbonyl (C=O) groups excluding carboxylic acids is 2. The van der Waals surface area contributed by atoms with Gasteiger partial charge in [0, 0.05) is 29.9 Å². The van der Waals surface area contributed by atoms with Crippen molar-refractivity contribution in [2.45, 2.75) is 110 Å². The zero-order valence-corrected chi connectivity index (χ0v) is 24.6. The molecule has 3 heterocycles. The largest absolute Gasteiger partial charge is 0.444 e. The summed E-state index contributed by atoms with van der Waals surface area (Å²) in [7, 11) is 0. The smallest absolute Gasteiger partial charge is 0.407 e. The van der Waals surface area contributed by atoms with Crippen LogP contribution in [0.5, 0.6) is 0 Å². The summed E-state index contributed by atoms with van der Waals surface area (Å²) >= 11 is 0. The van der Waals surface area contributed by atoms with Crippen molar-refractivity contribution < 1.29 is 14.3 Å². The van der Waals surface area contributed by atoms with E-state index in [1.54, 1.807) is 17.7 Å². The Bertz CT molecular complexity index is 1490. The van der Waals surface area contributed by atoms with Gasteiger partial charge in [-0.1, -0.05) is 18.9 Å². The lowest BCUT2D eigenvalue weighted by atomic mass is 9.82. The second-order valence-electron chi connectivity index (χ2n) is 12.4. The van der Waals surface area contributed by atoms with Crippen molar-refractivity contribution in [1.82, 2.24) is 24.8 Å². The molecule has 0 aliphatic heterocycles. The van der Waals surface area contributed by atoms with Gasteiger partial charge in [-0.05, 0) is 96.3 Å². The fourth-order valence-electron chi connectivity index (χ4n) is 6.19. The summed E-state index contributed by atoms with van der Waals surface area (Å²) in [6.45, 7) is 8.82. The number of aromatic nitrogens is 4. The highest BCUT2D eigenvalue weighted by Crippen LogP contribution is 2.34. The number of nitrogens with one attached hydrogen (secondary N) is 2. The van der Waals surface area contributed by atoms with Gasteiger partial charge in [-0.2, -0.15) is 4.98 Å². The van der Waals surface area contributed by atoms with Gasteiger partial charge in [-0.25, -0.2) is 14.8 Å². The van der Waals surface area contributed by atoms with Crippen molar-refractivity contribution in [2.24, 2.45) is 0 Å². The van der Waals surface area contributed by atoms with Crippen molar-refractivity contribution in [1.29, 1.82) is 0 Å². The molecule has 0 radical (unpaired) electrons. The Kier molecular flexibility index (Phi) is 8.11. The second-order valence-corrected chi connectivity index (χ2v) is 12.4. The molecule has 3 aromatic rings. The highest BCUT2D eigenvalue weighted by atomic mass is 16.6. The van der Waals surface area contributed by atoms with Crippen LogP contribution in [0.3, 0.4) is 0 Å². The molecule has 2 aliphatic carbocycles. The molecule has 3 aromatic heterocycles. The summed E-state index contributed by atoms with van der Waals surface area (Å²) in [5.74, 6) is 1.11. The number of carbonyl (C=O) groups is 2. The minimum atomic E-state index is -0.505. The lowest BCUT2D eigenvalue weighted by Gasteiger charge is -2.30. The third-order valence-electron chi connectivity index (χ3n) is 8.20. The zero-order chi connectivity index (χ0) is 29.3. The van der Waals surface area contributed by atoms with Crippen molar-refractivity contribution in [3.05, 3.63) is 51.6 Å². The number of fused-ring (bicyclic) bond motifs is 1. The van der Waals surface area contributed by atoms with Gasteiger partial charge in [0.05, 0.1) is 5.56 Å². The first-order valence-electron chi connectivity index (χ1n) is 14.7. The number of Topliss-reactive ketones (excluding diaryl/α,β-unsaturated/α-hetero) is 1. The molecule has 10 nitrogen and oxygen atoms in total. The Labute approximate surface area is 240 Å². The average molecular weight is 561 g/mol. The van der Waals surface area contributed by atoms with Crippen LogP contribution in [0.4, 0.5) is 16.6 Å². The maximum atomic E-state index is 13.4. The minimum Gasteiger partial charge on any atom is -0.444 e. The molecule has 0 atom stereocenters. The number of rotatable bonds is 6. The molecule has 0 spiro atoms. The van der Waals surface area contributed by atoms with E-state index < -0.39 is 5.60 Å². The average Bonchev–Trinajstić information content (AvgIpc) is 3.43. The first-order chi connectivity index (χ1) is 19.5. The monoisotopic (exact) mass is 560 g/mol. The number of pyridine rings is 2. The van der Waals surface area contributed by atoms with Crippen LogP contribution >= 0.6 is 0 Å². The molecular weight excluding hydrogens is 520 g/mol. The summed E-state index contributed by atoms with van der Waals surface area (Å²) in [4.78, 5) is 51.8. The van der Waals surface area contributed by atoms with Gasteiger partial charge in [0.15, 0.2) is 5.78 Å². The van der Waals surface area contributed by atoms with E-state index in [-0.39, 0.29) is 35.1 Å². The summed E-state index contributed by atoms with van der Waals surface area (Å²) in [5.41, 5.74) is 1.78. The number of anilines is 2. The van der Waals surface area contributed by atoms with Gasteiger partial charge in [0.25, 0.3) is 5.56 Å². The van der Waals surface area contributed by atoms with E-state index in [4.69, 9.17) is 9.72 Å². The van der Waals surface area contributed by atoms with Gasteiger partial charge >= 0.3 is 6.09 Å². The number of hydrogen-bond acceptors (Lipinski definition) is 8. The van der Waals surface area contributed by atoms with E-state index in [0.29, 0.717) is 34.3 Å². The number of aryl methyl sites for hydroxylation is 1. The van der Waals surface area contributed by atoms with Crippen molar-refractivity contribution >= 4 is 34.7 Å². The number of ketones is 1. The van der Waals surface area contributed by atoms with Crippen LogP contribution in [0, 0.1) is 6.92 Å². The molecule has 218 valence electrons. The van der Waals surface area contributed by atoms with Crippen LogP contribution in [0.1, 0.15) is 113 Å². The van der Waals surface area contributed by atoms with Gasteiger partial charge in [-0.3, -0.25) is 14.2 Å². The first kappa shape index (κ1) is 28.7. The second kappa shape index (κ2) is 11.6. The molecule has 0 saturated heterocycles. The van der Waals surface area contributed by atoms with Crippen LogP contribution in [-0.2, 0) is 4.74 Å². The number of nitrogens with zero attached hydrogens (tertiary/aromatic N) is 4. The highest BCUT2D eigenvalue weighted by Gasteiger charge is 2.27. The summed E-state index contributed by atoms with van der Waals surface area (Å²) < 4.78 is 7.10. The molecule has 41 heavy (non-hydrogen) atoms. The van der Waals surface area contributed by atoms with E-state index >= 15 is 0 Å². The predicted octanol–water partition coefficient (Wildman–Crippen LogP) is 6.11. The molecule has 2 aliphatic rings. The van der Waals surface area contributed by atoms with E-state index in [9.17, 15) is 14.4 Å². The fourth-order valence-corrected chi connectivity index (χ4v) is 6.19. The number of alkyl carbamates (subject to hydrolysis) is 1. The zero-order valence-electron chi connectivity index (χ0n) is 24.6. The molecule has 2 fully saturated rings. The topological polar surface area (TPSA) is 128 Å². The molecule has 2 N–H and O–H groups in total. The lowest BCUT2D eigenvalue weighted by molar-refractivity contribution is 0.0491. The molecule has 2 saturated carbocycles. The quantitative estimate of drug-likeness (QED) is 0.346. The van der Waals surface area contributed by atoms with Crippen LogP contribution < -0.4 is 16.2 Å². The summed E-state index contributed by atoms with van der Waals surface area (Å²) in [6.07, 6.45) is 10.8. The number of amides is 1.